The predicted octanol–water partition coefficient (Wildman–Crippen LogP) is 3.25. The van der Waals surface area contributed by atoms with Crippen LogP contribution in [0, 0.1) is 0 Å². The summed E-state index contributed by atoms with van der Waals surface area (Å²) in [5.41, 5.74) is 6.29. The third kappa shape index (κ3) is 3.74. The van der Waals surface area contributed by atoms with Crippen LogP contribution in [0.1, 0.15) is 23.6 Å². The number of halogens is 3. The van der Waals surface area contributed by atoms with Crippen LogP contribution in [0.15, 0.2) is 54.6 Å². The van der Waals surface area contributed by atoms with Crippen molar-refractivity contribution in [2.24, 2.45) is 0 Å². The first-order valence-electron chi connectivity index (χ1n) is 7.47. The second-order valence-corrected chi connectivity index (χ2v) is 5.61. The smallest absolute Gasteiger partial charge is 0.325 e. The quantitative estimate of drug-likeness (QED) is 0.807. The van der Waals surface area contributed by atoms with E-state index < -0.39 is 17.8 Å². The average molecular weight is 335 g/mol. The first kappa shape index (κ1) is 16.5. The number of rotatable bonds is 3. The van der Waals surface area contributed by atoms with Gasteiger partial charge in [-0.05, 0) is 30.2 Å². The third-order valence-electron chi connectivity index (χ3n) is 3.88. The zero-order valence-corrected chi connectivity index (χ0v) is 12.6. The molecule has 1 heterocycles. The zero-order valence-electron chi connectivity index (χ0n) is 12.6. The van der Waals surface area contributed by atoms with Crippen molar-refractivity contribution in [1.82, 2.24) is 10.9 Å². The highest BCUT2D eigenvalue weighted by Gasteiger charge is 2.32. The Labute approximate surface area is 137 Å². The highest BCUT2D eigenvalue weighted by atomic mass is 19.4. The maximum absolute atomic E-state index is 12.7. The molecule has 0 spiro atoms. The number of hydrazine groups is 1. The molecular formula is C17H16F3N3O. The number of alkyl halides is 3. The van der Waals surface area contributed by atoms with Gasteiger partial charge >= 0.3 is 6.18 Å². The van der Waals surface area contributed by atoms with Crippen molar-refractivity contribution in [2.75, 3.05) is 5.32 Å². The molecule has 0 aromatic heterocycles. The highest BCUT2D eigenvalue weighted by molar-refractivity contribution is 5.95. The molecule has 3 N–H and O–H groups in total. The Hall–Kier alpha value is -2.38. The van der Waals surface area contributed by atoms with Gasteiger partial charge in [0.1, 0.15) is 6.04 Å². The van der Waals surface area contributed by atoms with Gasteiger partial charge in [0.15, 0.2) is 0 Å². The van der Waals surface area contributed by atoms with Crippen molar-refractivity contribution in [3.63, 3.8) is 0 Å². The van der Waals surface area contributed by atoms with E-state index in [-0.39, 0.29) is 17.6 Å². The van der Waals surface area contributed by atoms with Gasteiger partial charge in [-0.2, -0.15) is 13.2 Å². The molecule has 2 unspecified atom stereocenters. The van der Waals surface area contributed by atoms with E-state index in [1.165, 1.54) is 12.1 Å². The van der Waals surface area contributed by atoms with E-state index in [0.29, 0.717) is 6.42 Å². The van der Waals surface area contributed by atoms with Crippen LogP contribution in [0.25, 0.3) is 0 Å². The SMILES string of the molecule is O=C(Nc1cccc(C(F)(F)F)c1)C1CC(c2ccccc2)NN1. The van der Waals surface area contributed by atoms with E-state index in [9.17, 15) is 18.0 Å². The number of hydrogen-bond donors (Lipinski definition) is 3. The van der Waals surface area contributed by atoms with Crippen LogP contribution < -0.4 is 16.2 Å². The first-order chi connectivity index (χ1) is 11.4. The summed E-state index contributed by atoms with van der Waals surface area (Å²) in [6.07, 6.45) is -3.93. The maximum Gasteiger partial charge on any atom is 0.416 e. The number of amides is 1. The minimum absolute atomic E-state index is 0.0246. The molecule has 0 aliphatic carbocycles. The summed E-state index contributed by atoms with van der Waals surface area (Å²) < 4.78 is 38.1. The Kier molecular flexibility index (Phi) is 4.55. The Morgan fingerprint density at radius 1 is 1.04 bits per heavy atom. The predicted molar refractivity (Wildman–Crippen MR) is 83.9 cm³/mol. The van der Waals surface area contributed by atoms with Crippen molar-refractivity contribution in [1.29, 1.82) is 0 Å². The van der Waals surface area contributed by atoms with Crippen LogP contribution in [-0.4, -0.2) is 11.9 Å². The standard InChI is InChI=1S/C17H16F3N3O/c18-17(19,20)12-7-4-8-13(9-12)21-16(24)15-10-14(22-23-15)11-5-2-1-3-6-11/h1-9,14-15,22-23H,10H2,(H,21,24). The molecule has 126 valence electrons. The highest BCUT2D eigenvalue weighted by Crippen LogP contribution is 2.31. The normalized spacial score (nSPS) is 20.8. The number of nitrogens with one attached hydrogen (secondary N) is 3. The van der Waals surface area contributed by atoms with Crippen LogP contribution in [0.3, 0.4) is 0 Å². The lowest BCUT2D eigenvalue weighted by Crippen LogP contribution is -2.39. The van der Waals surface area contributed by atoms with Crippen molar-refractivity contribution in [3.8, 4) is 0 Å². The summed E-state index contributed by atoms with van der Waals surface area (Å²) in [5, 5.41) is 2.53. The Morgan fingerprint density at radius 3 is 2.50 bits per heavy atom. The van der Waals surface area contributed by atoms with Crippen molar-refractivity contribution in [2.45, 2.75) is 24.7 Å². The molecule has 24 heavy (non-hydrogen) atoms. The van der Waals surface area contributed by atoms with Gasteiger partial charge in [0, 0.05) is 11.7 Å². The van der Waals surface area contributed by atoms with Crippen molar-refractivity contribution >= 4 is 11.6 Å². The Bertz CT molecular complexity index is 719. The number of carbonyl (C=O) groups is 1. The van der Waals surface area contributed by atoms with E-state index in [1.54, 1.807) is 0 Å². The largest absolute Gasteiger partial charge is 0.416 e. The van der Waals surface area contributed by atoms with Gasteiger partial charge in [-0.25, -0.2) is 10.9 Å². The molecule has 1 aliphatic heterocycles. The molecule has 4 nitrogen and oxygen atoms in total. The molecule has 2 aromatic rings. The van der Waals surface area contributed by atoms with Crippen molar-refractivity contribution in [3.05, 3.63) is 65.7 Å². The molecule has 0 radical (unpaired) electrons. The lowest BCUT2D eigenvalue weighted by molar-refractivity contribution is -0.137. The maximum atomic E-state index is 12.7. The van der Waals surface area contributed by atoms with Crippen LogP contribution in [0.4, 0.5) is 18.9 Å². The van der Waals surface area contributed by atoms with Gasteiger partial charge in [-0.15, -0.1) is 0 Å². The molecule has 1 amide bonds. The molecule has 2 atom stereocenters. The minimum atomic E-state index is -4.44. The Morgan fingerprint density at radius 2 is 1.79 bits per heavy atom. The monoisotopic (exact) mass is 335 g/mol. The fraction of sp³-hybridized carbons (Fsp3) is 0.235. The first-order valence-corrected chi connectivity index (χ1v) is 7.47. The number of carbonyl (C=O) groups excluding carboxylic acids is 1. The molecule has 3 rings (SSSR count). The molecule has 0 bridgehead atoms. The van der Waals surface area contributed by atoms with E-state index in [2.05, 4.69) is 16.2 Å². The van der Waals surface area contributed by atoms with Gasteiger partial charge in [0.05, 0.1) is 5.56 Å². The molecule has 1 fully saturated rings. The van der Waals surface area contributed by atoms with Gasteiger partial charge < -0.3 is 5.32 Å². The lowest BCUT2D eigenvalue weighted by Gasteiger charge is -2.12. The van der Waals surface area contributed by atoms with Gasteiger partial charge in [0.25, 0.3) is 0 Å². The van der Waals surface area contributed by atoms with Crippen molar-refractivity contribution < 1.29 is 18.0 Å². The topological polar surface area (TPSA) is 53.2 Å². The van der Waals surface area contributed by atoms with E-state index in [4.69, 9.17) is 0 Å². The van der Waals surface area contributed by atoms with Crippen LogP contribution in [0.2, 0.25) is 0 Å². The zero-order chi connectivity index (χ0) is 17.2. The third-order valence-corrected chi connectivity index (χ3v) is 3.88. The Balaban J connectivity index is 1.64. The molecule has 0 saturated carbocycles. The fourth-order valence-electron chi connectivity index (χ4n) is 2.63. The molecule has 2 aromatic carbocycles. The second-order valence-electron chi connectivity index (χ2n) is 5.61. The van der Waals surface area contributed by atoms with Crippen LogP contribution in [0.5, 0.6) is 0 Å². The summed E-state index contributed by atoms with van der Waals surface area (Å²) in [7, 11) is 0. The van der Waals surface area contributed by atoms with Gasteiger partial charge in [-0.3, -0.25) is 4.79 Å². The summed E-state index contributed by atoms with van der Waals surface area (Å²) in [6, 6.07) is 13.7. The van der Waals surface area contributed by atoms with Crippen LogP contribution >= 0.6 is 0 Å². The summed E-state index contributed by atoms with van der Waals surface area (Å²) in [6.45, 7) is 0. The molecule has 1 aliphatic rings. The van der Waals surface area contributed by atoms with Crippen LogP contribution in [-0.2, 0) is 11.0 Å². The van der Waals surface area contributed by atoms with E-state index in [1.807, 2.05) is 30.3 Å². The average Bonchev–Trinajstić information content (AvgIpc) is 3.05. The number of anilines is 1. The van der Waals surface area contributed by atoms with Gasteiger partial charge in [-0.1, -0.05) is 36.4 Å². The van der Waals surface area contributed by atoms with Gasteiger partial charge in [0.2, 0.25) is 5.91 Å². The number of benzene rings is 2. The molecule has 1 saturated heterocycles. The minimum Gasteiger partial charge on any atom is -0.325 e. The lowest BCUT2D eigenvalue weighted by atomic mass is 10.0. The second kappa shape index (κ2) is 6.62. The van der Waals surface area contributed by atoms with E-state index in [0.717, 1.165) is 17.7 Å². The summed E-state index contributed by atoms with van der Waals surface area (Å²) in [4.78, 5) is 12.3. The number of hydrogen-bond acceptors (Lipinski definition) is 3. The molecular weight excluding hydrogens is 319 g/mol. The summed E-state index contributed by atoms with van der Waals surface area (Å²) >= 11 is 0. The molecule has 7 heteroatoms. The summed E-state index contributed by atoms with van der Waals surface area (Å²) in [5.74, 6) is -0.375. The van der Waals surface area contributed by atoms with E-state index >= 15 is 0 Å². The fourth-order valence-corrected chi connectivity index (χ4v) is 2.63.